The molecule has 2 aromatic carbocycles. The van der Waals surface area contributed by atoms with Crippen LogP contribution in [0.2, 0.25) is 0 Å². The Morgan fingerprint density at radius 3 is 1.11 bits per heavy atom. The second-order valence-electron chi connectivity index (χ2n) is 9.02. The third-order valence-electron chi connectivity index (χ3n) is 7.33. The highest BCUT2D eigenvalue weighted by Gasteiger charge is 2.25. The molecular weight excluding hydrogens is 448 g/mol. The predicted molar refractivity (Wildman–Crippen MR) is 134 cm³/mol. The van der Waals surface area contributed by atoms with Crippen LogP contribution in [0.5, 0.6) is 0 Å². The lowest BCUT2D eigenvalue weighted by molar-refractivity contribution is -0.426. The van der Waals surface area contributed by atoms with Gasteiger partial charge in [-0.15, -0.1) is 9.78 Å². The van der Waals surface area contributed by atoms with Crippen LogP contribution in [-0.2, 0) is 24.3 Å². The highest BCUT2D eigenvalue weighted by Crippen LogP contribution is 2.28. The molecule has 0 heterocycles. The molecule has 0 spiro atoms. The number of benzene rings is 2. The first-order chi connectivity index (χ1) is 16.3. The maximum atomic E-state index is 12.9. The third-order valence-corrected chi connectivity index (χ3v) is 7.33. The summed E-state index contributed by atoms with van der Waals surface area (Å²) in [6.07, 6.45) is -1.26. The van der Waals surface area contributed by atoms with Crippen LogP contribution in [0.25, 0.3) is 0 Å². The van der Waals surface area contributed by atoms with Crippen LogP contribution in [0.3, 0.4) is 0 Å². The number of hydrogen-bond donors (Lipinski definition) is 0. The molecule has 0 aliphatic carbocycles. The largest absolute Gasteiger partial charge is 0.376 e. The molecule has 0 saturated carbocycles. The first kappa shape index (κ1) is 28.5. The quantitative estimate of drug-likeness (QED) is 0.244. The van der Waals surface area contributed by atoms with Crippen molar-refractivity contribution in [3.8, 4) is 0 Å². The number of carbonyl (C=O) groups is 2. The lowest BCUT2D eigenvalue weighted by Gasteiger charge is -2.20. The van der Waals surface area contributed by atoms with Crippen molar-refractivity contribution in [2.45, 2.75) is 82.5 Å². The molecule has 7 heteroatoms. The lowest BCUT2D eigenvalue weighted by Crippen LogP contribution is -2.27. The fourth-order valence-corrected chi connectivity index (χ4v) is 4.18. The highest BCUT2D eigenvalue weighted by atomic mass is 17.3. The van der Waals surface area contributed by atoms with E-state index in [9.17, 15) is 9.59 Å². The van der Waals surface area contributed by atoms with Crippen molar-refractivity contribution >= 4 is 11.9 Å². The third kappa shape index (κ3) is 5.92. The highest BCUT2D eigenvalue weighted by molar-refractivity contribution is 5.94. The Hall–Kier alpha value is -2.74. The van der Waals surface area contributed by atoms with E-state index in [4.69, 9.17) is 24.3 Å². The van der Waals surface area contributed by atoms with Crippen LogP contribution >= 0.6 is 0 Å². The molecule has 0 aliphatic rings. The first-order valence-corrected chi connectivity index (χ1v) is 11.8. The average Bonchev–Trinajstić information content (AvgIpc) is 2.83. The van der Waals surface area contributed by atoms with Crippen molar-refractivity contribution in [3.63, 3.8) is 0 Å². The monoisotopic (exact) mass is 486 g/mol. The Bertz CT molecular complexity index is 988. The minimum Gasteiger partial charge on any atom is -0.376 e. The number of carbonyl (C=O) groups excluding carboxylic acids is 2. The molecule has 35 heavy (non-hydrogen) atoms. The molecule has 0 radical (unpaired) electrons. The van der Waals surface area contributed by atoms with Crippen LogP contribution in [-0.4, -0.2) is 31.4 Å². The molecule has 0 fully saturated rings. The summed E-state index contributed by atoms with van der Waals surface area (Å²) in [4.78, 5) is 46.4. The number of hydrogen-bond acceptors (Lipinski definition) is 7. The molecule has 0 atom stereocenters. The van der Waals surface area contributed by atoms with Crippen molar-refractivity contribution in [1.29, 1.82) is 0 Å². The van der Waals surface area contributed by atoms with Gasteiger partial charge in [0.1, 0.15) is 6.61 Å². The Labute approximate surface area is 208 Å². The van der Waals surface area contributed by atoms with Gasteiger partial charge in [-0.3, -0.25) is 9.78 Å². The topological polar surface area (TPSA) is 80.3 Å². The smallest absolute Gasteiger partial charge is 0.373 e. The minimum absolute atomic E-state index is 0.106. The second kappa shape index (κ2) is 11.8. The van der Waals surface area contributed by atoms with Crippen molar-refractivity contribution in [2.24, 2.45) is 0 Å². The zero-order valence-electron chi connectivity index (χ0n) is 22.8. The van der Waals surface area contributed by atoms with Gasteiger partial charge in [0.15, 0.2) is 0 Å². The van der Waals surface area contributed by atoms with Crippen LogP contribution < -0.4 is 0 Å². The molecule has 0 unspecified atom stereocenters. The van der Waals surface area contributed by atoms with Gasteiger partial charge in [0.2, 0.25) is 0 Å². The van der Waals surface area contributed by atoms with Gasteiger partial charge in [0, 0.05) is 6.61 Å². The second-order valence-corrected chi connectivity index (χ2v) is 9.02. The molecule has 7 nitrogen and oxygen atoms in total. The first-order valence-electron chi connectivity index (χ1n) is 11.8. The molecule has 2 aromatic rings. The van der Waals surface area contributed by atoms with E-state index < -0.39 is 18.2 Å². The van der Waals surface area contributed by atoms with Crippen molar-refractivity contribution in [3.05, 3.63) is 66.8 Å². The van der Waals surface area contributed by atoms with Gasteiger partial charge in [0.25, 0.3) is 6.29 Å². The van der Waals surface area contributed by atoms with Gasteiger partial charge in [-0.25, -0.2) is 9.59 Å². The van der Waals surface area contributed by atoms with Crippen LogP contribution in [0, 0.1) is 69.2 Å². The fraction of sp³-hybridized carbons (Fsp3) is 0.500. The molecule has 192 valence electrons. The van der Waals surface area contributed by atoms with E-state index in [1.54, 1.807) is 6.92 Å². The van der Waals surface area contributed by atoms with E-state index in [2.05, 4.69) is 0 Å². The zero-order valence-corrected chi connectivity index (χ0v) is 22.8. The molecular formula is C28H38O7. The SMILES string of the molecule is CCOCC(OOC(=O)c1c(C)c(C)c(C)c(C)c1C)OOC(=O)c1c(C)c(C)c(C)c(C)c1C. The van der Waals surface area contributed by atoms with Gasteiger partial charge in [-0.2, -0.15) is 0 Å². The van der Waals surface area contributed by atoms with Gasteiger partial charge in [-0.05, 0) is 132 Å². The molecule has 0 aliphatic heterocycles. The maximum absolute atomic E-state index is 12.9. The van der Waals surface area contributed by atoms with Gasteiger partial charge >= 0.3 is 11.9 Å². The van der Waals surface area contributed by atoms with E-state index >= 15 is 0 Å². The van der Waals surface area contributed by atoms with Crippen LogP contribution in [0.4, 0.5) is 0 Å². The van der Waals surface area contributed by atoms with E-state index in [1.165, 1.54) is 0 Å². The van der Waals surface area contributed by atoms with Gasteiger partial charge in [0.05, 0.1) is 11.1 Å². The van der Waals surface area contributed by atoms with Crippen molar-refractivity contribution < 1.29 is 33.9 Å². The van der Waals surface area contributed by atoms with Crippen LogP contribution in [0.15, 0.2) is 0 Å². The average molecular weight is 487 g/mol. The predicted octanol–water partition coefficient (Wildman–Crippen LogP) is 6.01. The number of rotatable bonds is 9. The fourth-order valence-electron chi connectivity index (χ4n) is 4.18. The van der Waals surface area contributed by atoms with Gasteiger partial charge in [-0.1, -0.05) is 0 Å². The molecule has 2 rings (SSSR count). The Morgan fingerprint density at radius 2 is 0.829 bits per heavy atom. The normalized spacial score (nSPS) is 11.2. The van der Waals surface area contributed by atoms with E-state index in [1.807, 2.05) is 69.2 Å². The van der Waals surface area contributed by atoms with Crippen molar-refractivity contribution in [2.75, 3.05) is 13.2 Å². The van der Waals surface area contributed by atoms with E-state index in [-0.39, 0.29) is 6.61 Å². The molecule has 0 aromatic heterocycles. The summed E-state index contributed by atoms with van der Waals surface area (Å²) in [7, 11) is 0. The Balaban J connectivity index is 2.18. The summed E-state index contributed by atoms with van der Waals surface area (Å²) >= 11 is 0. The van der Waals surface area contributed by atoms with Crippen LogP contribution in [0.1, 0.15) is 83.3 Å². The molecule has 0 bridgehead atoms. The maximum Gasteiger partial charge on any atom is 0.373 e. The summed E-state index contributed by atoms with van der Waals surface area (Å²) in [5.74, 6) is -1.31. The summed E-state index contributed by atoms with van der Waals surface area (Å²) < 4.78 is 5.34. The van der Waals surface area contributed by atoms with Crippen molar-refractivity contribution in [1.82, 2.24) is 0 Å². The summed E-state index contributed by atoms with van der Waals surface area (Å²) in [5.41, 5.74) is 10.5. The standard InChI is InChI=1S/C28H38O7/c1-12-31-13-24(32-34-27(29)25-20(8)16(4)14(2)17(5)21(25)9)33-35-28(30)26-22(10)18(6)15(3)19(7)23(26)11/h24H,12-13H2,1-11H3. The van der Waals surface area contributed by atoms with E-state index in [0.717, 1.165) is 55.6 Å². The lowest BCUT2D eigenvalue weighted by atomic mass is 9.90. The Morgan fingerprint density at radius 1 is 0.543 bits per heavy atom. The minimum atomic E-state index is -1.26. The summed E-state index contributed by atoms with van der Waals surface area (Å²) in [5, 5.41) is 0. The van der Waals surface area contributed by atoms with Gasteiger partial charge < -0.3 is 4.74 Å². The number of ether oxygens (including phenoxy) is 1. The molecule has 0 amide bonds. The summed E-state index contributed by atoms with van der Waals surface area (Å²) in [6.45, 7) is 21.5. The van der Waals surface area contributed by atoms with E-state index in [0.29, 0.717) is 17.7 Å². The molecule has 0 saturated heterocycles. The molecule has 0 N–H and O–H groups in total. The summed E-state index contributed by atoms with van der Waals surface area (Å²) in [6, 6.07) is 0. The Kier molecular flexibility index (Phi) is 9.60. The zero-order chi connectivity index (χ0) is 26.6.